The second-order valence-electron chi connectivity index (χ2n) is 2.33. The molecule has 0 bridgehead atoms. The van der Waals surface area contributed by atoms with Gasteiger partial charge < -0.3 is 5.11 Å². The van der Waals surface area contributed by atoms with E-state index in [0.717, 1.165) is 5.56 Å². The number of aryl methyl sites for hydroxylation is 1. The maximum Gasteiger partial charge on any atom is 0.167 e. The van der Waals surface area contributed by atoms with Crippen LogP contribution in [0.2, 0.25) is 0 Å². The third-order valence-electron chi connectivity index (χ3n) is 1.33. The van der Waals surface area contributed by atoms with E-state index in [2.05, 4.69) is 4.98 Å². The number of hydrogen-bond acceptors (Lipinski definition) is 3. The van der Waals surface area contributed by atoms with Gasteiger partial charge in [0.1, 0.15) is 0 Å². The van der Waals surface area contributed by atoms with Crippen LogP contribution in [-0.2, 0) is 0 Å². The summed E-state index contributed by atoms with van der Waals surface area (Å²) in [6.45, 7) is 1.86. The van der Waals surface area contributed by atoms with Crippen LogP contribution >= 0.6 is 0 Å². The molecular formula is C8H8N2O. The average Bonchev–Trinajstić information content (AvgIpc) is 2.03. The molecule has 0 amide bonds. The predicted molar refractivity (Wildman–Crippen MR) is 39.5 cm³/mol. The molecule has 11 heavy (non-hydrogen) atoms. The molecule has 1 heterocycles. The van der Waals surface area contributed by atoms with Crippen molar-refractivity contribution in [3.8, 4) is 6.07 Å². The Kier molecular flexibility index (Phi) is 2.19. The number of hydrogen-bond donors (Lipinski definition) is 1. The molecule has 1 aromatic heterocycles. The first kappa shape index (κ1) is 7.70. The van der Waals surface area contributed by atoms with Crippen LogP contribution in [0.1, 0.15) is 17.2 Å². The van der Waals surface area contributed by atoms with Crippen molar-refractivity contribution in [3.05, 3.63) is 29.6 Å². The topological polar surface area (TPSA) is 56.9 Å². The monoisotopic (exact) mass is 148 g/mol. The molecule has 1 aromatic rings. The minimum Gasteiger partial charge on any atom is -0.374 e. The molecule has 0 saturated heterocycles. The summed E-state index contributed by atoms with van der Waals surface area (Å²) >= 11 is 0. The van der Waals surface area contributed by atoms with Crippen molar-refractivity contribution in [1.29, 1.82) is 5.26 Å². The largest absolute Gasteiger partial charge is 0.374 e. The van der Waals surface area contributed by atoms with Crippen molar-refractivity contribution in [2.75, 3.05) is 0 Å². The molecule has 0 radical (unpaired) electrons. The Hall–Kier alpha value is -1.40. The van der Waals surface area contributed by atoms with E-state index in [9.17, 15) is 0 Å². The van der Waals surface area contributed by atoms with Gasteiger partial charge in [0.2, 0.25) is 0 Å². The van der Waals surface area contributed by atoms with Gasteiger partial charge >= 0.3 is 0 Å². The highest BCUT2D eigenvalue weighted by Crippen LogP contribution is 2.10. The summed E-state index contributed by atoms with van der Waals surface area (Å²) in [5.74, 6) is 0. The summed E-state index contributed by atoms with van der Waals surface area (Å²) in [5, 5.41) is 17.4. The van der Waals surface area contributed by atoms with Crippen LogP contribution in [0.15, 0.2) is 18.5 Å². The van der Waals surface area contributed by atoms with E-state index < -0.39 is 6.10 Å². The molecule has 0 saturated carbocycles. The lowest BCUT2D eigenvalue weighted by Crippen LogP contribution is -1.94. The molecule has 0 aromatic carbocycles. The Balaban J connectivity index is 2.98. The van der Waals surface area contributed by atoms with E-state index in [-0.39, 0.29) is 0 Å². The van der Waals surface area contributed by atoms with Crippen molar-refractivity contribution in [1.82, 2.24) is 4.98 Å². The molecule has 1 atom stereocenters. The fraction of sp³-hybridized carbons (Fsp3) is 0.250. The number of nitriles is 1. The molecule has 0 fully saturated rings. The second-order valence-corrected chi connectivity index (χ2v) is 2.33. The van der Waals surface area contributed by atoms with Gasteiger partial charge in [-0.3, -0.25) is 4.98 Å². The van der Waals surface area contributed by atoms with Crippen LogP contribution in [0, 0.1) is 18.3 Å². The SMILES string of the molecule is Cc1cncc([C@H](O)C#N)c1. The number of rotatable bonds is 1. The Labute approximate surface area is 64.9 Å². The summed E-state index contributed by atoms with van der Waals surface area (Å²) in [5.41, 5.74) is 1.49. The first-order valence-electron chi connectivity index (χ1n) is 3.23. The van der Waals surface area contributed by atoms with Crippen molar-refractivity contribution < 1.29 is 5.11 Å². The maximum absolute atomic E-state index is 9.05. The molecular weight excluding hydrogens is 140 g/mol. The molecule has 0 spiro atoms. The molecule has 0 aliphatic heterocycles. The van der Waals surface area contributed by atoms with E-state index in [0.29, 0.717) is 5.56 Å². The van der Waals surface area contributed by atoms with Crippen molar-refractivity contribution in [2.24, 2.45) is 0 Å². The summed E-state index contributed by atoms with van der Waals surface area (Å²) in [7, 11) is 0. The standard InChI is InChI=1S/C8H8N2O/c1-6-2-7(5-10-4-6)8(11)3-9/h2,4-5,8,11H,1H3/t8-/m1/s1. The van der Waals surface area contributed by atoms with Gasteiger partial charge in [0.15, 0.2) is 6.10 Å². The fourth-order valence-corrected chi connectivity index (χ4v) is 0.802. The van der Waals surface area contributed by atoms with Crippen molar-refractivity contribution in [2.45, 2.75) is 13.0 Å². The summed E-state index contributed by atoms with van der Waals surface area (Å²) < 4.78 is 0. The molecule has 3 heteroatoms. The van der Waals surface area contributed by atoms with Gasteiger partial charge in [0.25, 0.3) is 0 Å². The van der Waals surface area contributed by atoms with Gasteiger partial charge in [-0.1, -0.05) is 0 Å². The molecule has 56 valence electrons. The first-order chi connectivity index (χ1) is 5.24. The minimum atomic E-state index is -1.05. The maximum atomic E-state index is 9.05. The lowest BCUT2D eigenvalue weighted by molar-refractivity contribution is 0.235. The smallest absolute Gasteiger partial charge is 0.167 e. The average molecular weight is 148 g/mol. The van der Waals surface area contributed by atoms with Gasteiger partial charge in [-0.15, -0.1) is 0 Å². The van der Waals surface area contributed by atoms with Crippen LogP contribution in [0.25, 0.3) is 0 Å². The molecule has 3 nitrogen and oxygen atoms in total. The van der Waals surface area contributed by atoms with E-state index in [4.69, 9.17) is 10.4 Å². The number of aromatic nitrogens is 1. The van der Waals surface area contributed by atoms with Crippen molar-refractivity contribution in [3.63, 3.8) is 0 Å². The quantitative estimate of drug-likeness (QED) is 0.603. The Morgan fingerprint density at radius 3 is 2.91 bits per heavy atom. The number of aliphatic hydroxyl groups is 1. The highest BCUT2D eigenvalue weighted by Gasteiger charge is 2.04. The van der Waals surface area contributed by atoms with Crippen LogP contribution in [-0.4, -0.2) is 10.1 Å². The second kappa shape index (κ2) is 3.13. The van der Waals surface area contributed by atoms with Crippen LogP contribution in [0.5, 0.6) is 0 Å². The molecule has 1 rings (SSSR count). The number of nitrogens with zero attached hydrogens (tertiary/aromatic N) is 2. The highest BCUT2D eigenvalue weighted by molar-refractivity contribution is 5.22. The third-order valence-corrected chi connectivity index (χ3v) is 1.33. The van der Waals surface area contributed by atoms with Crippen LogP contribution < -0.4 is 0 Å². The Bertz CT molecular complexity index is 290. The van der Waals surface area contributed by atoms with Gasteiger partial charge in [0.05, 0.1) is 6.07 Å². The van der Waals surface area contributed by atoms with E-state index in [1.165, 1.54) is 6.20 Å². The third kappa shape index (κ3) is 1.76. The van der Waals surface area contributed by atoms with E-state index in [1.807, 2.05) is 6.92 Å². The summed E-state index contributed by atoms with van der Waals surface area (Å²) in [4.78, 5) is 3.84. The molecule has 0 aliphatic rings. The van der Waals surface area contributed by atoms with Crippen LogP contribution in [0.3, 0.4) is 0 Å². The van der Waals surface area contributed by atoms with E-state index in [1.54, 1.807) is 18.3 Å². The Morgan fingerprint density at radius 1 is 1.64 bits per heavy atom. The molecule has 0 unspecified atom stereocenters. The predicted octanol–water partition coefficient (Wildman–Crippen LogP) is 0.947. The van der Waals surface area contributed by atoms with Gasteiger partial charge in [-0.25, -0.2) is 0 Å². The van der Waals surface area contributed by atoms with Gasteiger partial charge in [-0.05, 0) is 18.6 Å². The molecule has 0 aliphatic carbocycles. The zero-order valence-electron chi connectivity index (χ0n) is 6.15. The zero-order chi connectivity index (χ0) is 8.27. The van der Waals surface area contributed by atoms with Crippen molar-refractivity contribution >= 4 is 0 Å². The summed E-state index contributed by atoms with van der Waals surface area (Å²) in [6, 6.07) is 3.46. The Morgan fingerprint density at radius 2 is 2.36 bits per heavy atom. The lowest BCUT2D eigenvalue weighted by atomic mass is 10.1. The number of aliphatic hydroxyl groups excluding tert-OH is 1. The normalized spacial score (nSPS) is 12.1. The highest BCUT2D eigenvalue weighted by atomic mass is 16.3. The molecule has 1 N–H and O–H groups in total. The van der Waals surface area contributed by atoms with Crippen LogP contribution in [0.4, 0.5) is 0 Å². The van der Waals surface area contributed by atoms with Gasteiger partial charge in [0, 0.05) is 18.0 Å². The number of pyridine rings is 1. The zero-order valence-corrected chi connectivity index (χ0v) is 6.15. The van der Waals surface area contributed by atoms with E-state index >= 15 is 0 Å². The first-order valence-corrected chi connectivity index (χ1v) is 3.23. The van der Waals surface area contributed by atoms with Gasteiger partial charge in [-0.2, -0.15) is 5.26 Å². The minimum absolute atomic E-state index is 0.549. The fourth-order valence-electron chi connectivity index (χ4n) is 0.802. The lowest BCUT2D eigenvalue weighted by Gasteiger charge is -2.00. The summed E-state index contributed by atoms with van der Waals surface area (Å²) in [6.07, 6.45) is 2.11.